The van der Waals surface area contributed by atoms with Crippen LogP contribution in [0.3, 0.4) is 0 Å². The first-order valence-electron chi connectivity index (χ1n) is 7.57. The Labute approximate surface area is 122 Å². The summed E-state index contributed by atoms with van der Waals surface area (Å²) in [6, 6.07) is 11.1. The maximum atomic E-state index is 11.6. The highest BCUT2D eigenvalue weighted by Gasteiger charge is 2.35. The van der Waals surface area contributed by atoms with Crippen LogP contribution >= 0.6 is 0 Å². The Morgan fingerprint density at radius 1 is 1.25 bits per heavy atom. The number of likely N-dealkylation sites (tertiary alicyclic amines) is 1. The van der Waals surface area contributed by atoms with Gasteiger partial charge in [0.1, 0.15) is 0 Å². The van der Waals surface area contributed by atoms with Crippen LogP contribution in [0.5, 0.6) is 0 Å². The summed E-state index contributed by atoms with van der Waals surface area (Å²) in [5, 5.41) is 3.24. The molecule has 0 saturated carbocycles. The fraction of sp³-hybridized carbons (Fsp3) is 0.588. The van der Waals surface area contributed by atoms with Gasteiger partial charge in [0.15, 0.2) is 0 Å². The first-order chi connectivity index (χ1) is 9.51. The van der Waals surface area contributed by atoms with E-state index in [2.05, 4.69) is 48.3 Å². The SMILES string of the molecule is CC(=O)NC1(Cc2ccccc2)CCN(C(C)C)CC1. The normalized spacial score (nSPS) is 19.0. The van der Waals surface area contributed by atoms with Crippen LogP contribution in [-0.2, 0) is 11.2 Å². The van der Waals surface area contributed by atoms with Crippen molar-refractivity contribution in [2.45, 2.75) is 51.6 Å². The second-order valence-electron chi connectivity index (χ2n) is 6.25. The number of piperidine rings is 1. The lowest BCUT2D eigenvalue weighted by Gasteiger charge is -2.43. The van der Waals surface area contributed by atoms with Gasteiger partial charge in [-0.25, -0.2) is 0 Å². The topological polar surface area (TPSA) is 32.3 Å². The summed E-state index contributed by atoms with van der Waals surface area (Å²) < 4.78 is 0. The van der Waals surface area contributed by atoms with Crippen molar-refractivity contribution in [2.75, 3.05) is 13.1 Å². The van der Waals surface area contributed by atoms with E-state index in [1.165, 1.54) is 5.56 Å². The molecule has 3 nitrogen and oxygen atoms in total. The van der Waals surface area contributed by atoms with Crippen molar-refractivity contribution < 1.29 is 4.79 Å². The zero-order chi connectivity index (χ0) is 14.6. The molecule has 0 unspecified atom stereocenters. The van der Waals surface area contributed by atoms with Crippen molar-refractivity contribution >= 4 is 5.91 Å². The minimum atomic E-state index is -0.0709. The van der Waals surface area contributed by atoms with E-state index in [-0.39, 0.29) is 11.4 Å². The molecule has 20 heavy (non-hydrogen) atoms. The van der Waals surface area contributed by atoms with Gasteiger partial charge in [-0.1, -0.05) is 30.3 Å². The zero-order valence-electron chi connectivity index (χ0n) is 12.9. The Kier molecular flexibility index (Phi) is 4.81. The molecule has 1 amide bonds. The number of hydrogen-bond acceptors (Lipinski definition) is 2. The molecule has 0 atom stereocenters. The molecule has 0 aliphatic carbocycles. The molecular formula is C17H26N2O. The molecule has 1 fully saturated rings. The van der Waals surface area contributed by atoms with Gasteiger partial charge < -0.3 is 10.2 Å². The van der Waals surface area contributed by atoms with Crippen LogP contribution in [0, 0.1) is 0 Å². The van der Waals surface area contributed by atoms with Gasteiger partial charge in [-0.2, -0.15) is 0 Å². The minimum absolute atomic E-state index is 0.0709. The summed E-state index contributed by atoms with van der Waals surface area (Å²) in [6.07, 6.45) is 2.98. The second-order valence-corrected chi connectivity index (χ2v) is 6.25. The number of amides is 1. The molecule has 0 aromatic heterocycles. The third-order valence-corrected chi connectivity index (χ3v) is 4.31. The summed E-state index contributed by atoms with van der Waals surface area (Å²) >= 11 is 0. The Morgan fingerprint density at radius 2 is 1.85 bits per heavy atom. The van der Waals surface area contributed by atoms with Crippen LogP contribution in [0.25, 0.3) is 0 Å². The molecule has 2 rings (SSSR count). The number of carbonyl (C=O) groups excluding carboxylic acids is 1. The Balaban J connectivity index is 2.09. The average molecular weight is 274 g/mol. The van der Waals surface area contributed by atoms with E-state index in [9.17, 15) is 4.79 Å². The first kappa shape index (κ1) is 15.0. The van der Waals surface area contributed by atoms with E-state index in [1.54, 1.807) is 6.92 Å². The van der Waals surface area contributed by atoms with Crippen LogP contribution < -0.4 is 5.32 Å². The fourth-order valence-electron chi connectivity index (χ4n) is 3.17. The highest BCUT2D eigenvalue weighted by Crippen LogP contribution is 2.27. The standard InChI is InChI=1S/C17H26N2O/c1-14(2)19-11-9-17(10-12-19,18-15(3)20)13-16-7-5-4-6-8-16/h4-8,14H,9-13H2,1-3H3,(H,18,20). The molecule has 1 heterocycles. The van der Waals surface area contributed by atoms with Crippen molar-refractivity contribution in [3.8, 4) is 0 Å². The van der Waals surface area contributed by atoms with Crippen molar-refractivity contribution in [3.63, 3.8) is 0 Å². The summed E-state index contributed by atoms with van der Waals surface area (Å²) in [5.74, 6) is 0.0823. The van der Waals surface area contributed by atoms with Gasteiger partial charge in [0.25, 0.3) is 0 Å². The van der Waals surface area contributed by atoms with Gasteiger partial charge >= 0.3 is 0 Å². The summed E-state index contributed by atoms with van der Waals surface area (Å²) in [5.41, 5.74) is 1.23. The molecule has 1 N–H and O–H groups in total. The molecule has 1 aliphatic heterocycles. The highest BCUT2D eigenvalue weighted by molar-refractivity contribution is 5.74. The third kappa shape index (κ3) is 3.83. The molecule has 1 aromatic rings. The van der Waals surface area contributed by atoms with E-state index in [0.717, 1.165) is 32.4 Å². The van der Waals surface area contributed by atoms with E-state index in [0.29, 0.717) is 6.04 Å². The first-order valence-corrected chi connectivity index (χ1v) is 7.57. The zero-order valence-corrected chi connectivity index (χ0v) is 12.9. The van der Waals surface area contributed by atoms with Gasteiger partial charge in [0.2, 0.25) is 5.91 Å². The second kappa shape index (κ2) is 6.40. The van der Waals surface area contributed by atoms with Crippen molar-refractivity contribution in [2.24, 2.45) is 0 Å². The molecule has 110 valence electrons. The van der Waals surface area contributed by atoms with Crippen LogP contribution in [0.4, 0.5) is 0 Å². The van der Waals surface area contributed by atoms with Crippen LogP contribution in [-0.4, -0.2) is 35.5 Å². The van der Waals surface area contributed by atoms with Crippen molar-refractivity contribution in [1.29, 1.82) is 0 Å². The van der Waals surface area contributed by atoms with Crippen LogP contribution in [0.2, 0.25) is 0 Å². The predicted molar refractivity (Wildman–Crippen MR) is 82.6 cm³/mol. The van der Waals surface area contributed by atoms with Gasteiger partial charge in [0, 0.05) is 31.6 Å². The smallest absolute Gasteiger partial charge is 0.217 e. The van der Waals surface area contributed by atoms with E-state index >= 15 is 0 Å². The molecule has 1 aliphatic rings. The Morgan fingerprint density at radius 3 is 2.35 bits per heavy atom. The number of nitrogens with one attached hydrogen (secondary N) is 1. The molecule has 1 aromatic carbocycles. The molecule has 3 heteroatoms. The van der Waals surface area contributed by atoms with Gasteiger partial charge in [-0.15, -0.1) is 0 Å². The Hall–Kier alpha value is -1.35. The van der Waals surface area contributed by atoms with Crippen molar-refractivity contribution in [1.82, 2.24) is 10.2 Å². The van der Waals surface area contributed by atoms with Crippen LogP contribution in [0.1, 0.15) is 39.2 Å². The molecular weight excluding hydrogens is 248 g/mol. The largest absolute Gasteiger partial charge is 0.350 e. The van der Waals surface area contributed by atoms with E-state index < -0.39 is 0 Å². The minimum Gasteiger partial charge on any atom is -0.350 e. The number of carbonyl (C=O) groups is 1. The summed E-state index contributed by atoms with van der Waals surface area (Å²) in [7, 11) is 0. The quantitative estimate of drug-likeness (QED) is 0.915. The Bertz CT molecular complexity index is 434. The summed E-state index contributed by atoms with van der Waals surface area (Å²) in [6.45, 7) is 8.22. The van der Waals surface area contributed by atoms with E-state index in [4.69, 9.17) is 0 Å². The maximum absolute atomic E-state index is 11.6. The average Bonchev–Trinajstić information content (AvgIpc) is 2.39. The number of hydrogen-bond donors (Lipinski definition) is 1. The molecule has 0 bridgehead atoms. The van der Waals surface area contributed by atoms with Gasteiger partial charge in [-0.05, 0) is 38.7 Å². The molecule has 1 saturated heterocycles. The monoisotopic (exact) mass is 274 g/mol. The lowest BCUT2D eigenvalue weighted by molar-refractivity contribution is -0.121. The number of nitrogens with zero attached hydrogens (tertiary/aromatic N) is 1. The third-order valence-electron chi connectivity index (χ3n) is 4.31. The van der Waals surface area contributed by atoms with Gasteiger partial charge in [0.05, 0.1) is 0 Å². The maximum Gasteiger partial charge on any atom is 0.217 e. The van der Waals surface area contributed by atoms with E-state index in [1.807, 2.05) is 6.07 Å². The lowest BCUT2D eigenvalue weighted by atomic mass is 9.81. The van der Waals surface area contributed by atoms with Crippen molar-refractivity contribution in [3.05, 3.63) is 35.9 Å². The number of benzene rings is 1. The van der Waals surface area contributed by atoms with Gasteiger partial charge in [-0.3, -0.25) is 4.79 Å². The van der Waals surface area contributed by atoms with Crippen LogP contribution in [0.15, 0.2) is 30.3 Å². The predicted octanol–water partition coefficient (Wildman–Crippen LogP) is 2.61. The molecule has 0 spiro atoms. The molecule has 0 radical (unpaired) electrons. The highest BCUT2D eigenvalue weighted by atomic mass is 16.1. The summed E-state index contributed by atoms with van der Waals surface area (Å²) in [4.78, 5) is 14.1. The lowest BCUT2D eigenvalue weighted by Crippen LogP contribution is -2.57. The number of rotatable bonds is 4. The fourth-order valence-corrected chi connectivity index (χ4v) is 3.17.